The molecule has 2 rings (SSSR count). The van der Waals surface area contributed by atoms with Gasteiger partial charge in [0.05, 0.1) is 0 Å². The van der Waals surface area contributed by atoms with E-state index >= 15 is 0 Å². The Morgan fingerprint density at radius 3 is 2.74 bits per heavy atom. The normalized spacial score (nSPS) is 24.6. The van der Waals surface area contributed by atoms with E-state index < -0.39 is 0 Å². The van der Waals surface area contributed by atoms with Crippen molar-refractivity contribution in [2.75, 3.05) is 6.54 Å². The Hall–Kier alpha value is -0.820. The monoisotopic (exact) mass is 259 g/mol. The minimum absolute atomic E-state index is 0.566. The molecule has 1 N–H and O–H groups in total. The van der Waals surface area contributed by atoms with Crippen LogP contribution in [0.4, 0.5) is 0 Å². The highest BCUT2D eigenvalue weighted by Crippen LogP contribution is 2.40. The zero-order valence-electron chi connectivity index (χ0n) is 12.8. The van der Waals surface area contributed by atoms with E-state index in [2.05, 4.69) is 50.4 Å². The molecule has 0 saturated heterocycles. The van der Waals surface area contributed by atoms with Crippen molar-refractivity contribution >= 4 is 0 Å². The van der Waals surface area contributed by atoms with Crippen LogP contribution in [0.3, 0.4) is 0 Å². The predicted octanol–water partition coefficient (Wildman–Crippen LogP) is 4.86. The first-order valence-corrected chi connectivity index (χ1v) is 8.04. The molecule has 1 aromatic carbocycles. The van der Waals surface area contributed by atoms with Crippen LogP contribution in [0.25, 0.3) is 0 Å². The average Bonchev–Trinajstić information content (AvgIpc) is 2.88. The summed E-state index contributed by atoms with van der Waals surface area (Å²) in [4.78, 5) is 0. The van der Waals surface area contributed by atoms with Crippen LogP contribution in [-0.4, -0.2) is 6.54 Å². The quantitative estimate of drug-likeness (QED) is 0.769. The SMILES string of the molecule is CCCNC(c1cccc(C)c1)C1CCC(CC)C1. The lowest BCUT2D eigenvalue weighted by Crippen LogP contribution is -2.28. The Morgan fingerprint density at radius 2 is 2.11 bits per heavy atom. The van der Waals surface area contributed by atoms with Gasteiger partial charge in [0.15, 0.2) is 0 Å². The second-order valence-corrected chi connectivity index (χ2v) is 6.19. The van der Waals surface area contributed by atoms with Crippen LogP contribution < -0.4 is 5.32 Å². The fourth-order valence-corrected chi connectivity index (χ4v) is 3.51. The second-order valence-electron chi connectivity index (χ2n) is 6.19. The number of hydrogen-bond donors (Lipinski definition) is 1. The van der Waals surface area contributed by atoms with Gasteiger partial charge < -0.3 is 5.32 Å². The number of hydrogen-bond acceptors (Lipinski definition) is 1. The lowest BCUT2D eigenvalue weighted by Gasteiger charge is -2.26. The first kappa shape index (κ1) is 14.6. The molecule has 1 nitrogen and oxygen atoms in total. The molecule has 0 heterocycles. The van der Waals surface area contributed by atoms with Crippen molar-refractivity contribution in [2.45, 2.75) is 58.9 Å². The van der Waals surface area contributed by atoms with E-state index in [9.17, 15) is 0 Å². The third-order valence-corrected chi connectivity index (χ3v) is 4.65. The van der Waals surface area contributed by atoms with Gasteiger partial charge in [-0.2, -0.15) is 0 Å². The summed E-state index contributed by atoms with van der Waals surface area (Å²) < 4.78 is 0. The number of benzene rings is 1. The Morgan fingerprint density at radius 1 is 1.26 bits per heavy atom. The van der Waals surface area contributed by atoms with Crippen LogP contribution in [-0.2, 0) is 0 Å². The predicted molar refractivity (Wildman–Crippen MR) is 83.3 cm³/mol. The van der Waals surface area contributed by atoms with Gasteiger partial charge in [-0.1, -0.05) is 56.5 Å². The molecule has 106 valence electrons. The van der Waals surface area contributed by atoms with Crippen molar-refractivity contribution in [3.8, 4) is 0 Å². The van der Waals surface area contributed by atoms with Gasteiger partial charge in [0.1, 0.15) is 0 Å². The van der Waals surface area contributed by atoms with Crippen LogP contribution in [0.1, 0.15) is 63.1 Å². The second kappa shape index (κ2) is 7.09. The maximum atomic E-state index is 3.80. The smallest absolute Gasteiger partial charge is 0.0348 e. The van der Waals surface area contributed by atoms with Gasteiger partial charge in [-0.25, -0.2) is 0 Å². The van der Waals surface area contributed by atoms with E-state index in [4.69, 9.17) is 0 Å². The molecule has 3 unspecified atom stereocenters. The Bertz CT molecular complexity index is 385. The van der Waals surface area contributed by atoms with Gasteiger partial charge >= 0.3 is 0 Å². The van der Waals surface area contributed by atoms with Crippen LogP contribution >= 0.6 is 0 Å². The van der Waals surface area contributed by atoms with E-state index in [0.717, 1.165) is 18.4 Å². The lowest BCUT2D eigenvalue weighted by atomic mass is 9.89. The molecule has 0 radical (unpaired) electrons. The van der Waals surface area contributed by atoms with Crippen molar-refractivity contribution in [3.05, 3.63) is 35.4 Å². The molecule has 1 aliphatic rings. The average molecular weight is 259 g/mol. The number of rotatable bonds is 6. The zero-order chi connectivity index (χ0) is 13.7. The summed E-state index contributed by atoms with van der Waals surface area (Å²) in [6.45, 7) is 7.92. The summed E-state index contributed by atoms with van der Waals surface area (Å²) in [6.07, 6.45) is 6.80. The third kappa shape index (κ3) is 3.82. The van der Waals surface area contributed by atoms with Gasteiger partial charge in [0, 0.05) is 6.04 Å². The molecule has 1 saturated carbocycles. The molecule has 0 aromatic heterocycles. The molecule has 0 amide bonds. The van der Waals surface area contributed by atoms with Gasteiger partial charge in [-0.3, -0.25) is 0 Å². The molecule has 1 heteroatoms. The Kier molecular flexibility index (Phi) is 5.45. The van der Waals surface area contributed by atoms with Crippen molar-refractivity contribution in [3.63, 3.8) is 0 Å². The van der Waals surface area contributed by atoms with Crippen LogP contribution in [0, 0.1) is 18.8 Å². The van der Waals surface area contributed by atoms with Gasteiger partial charge in [-0.15, -0.1) is 0 Å². The highest BCUT2D eigenvalue weighted by atomic mass is 14.9. The minimum atomic E-state index is 0.566. The topological polar surface area (TPSA) is 12.0 Å². The largest absolute Gasteiger partial charge is 0.310 e. The van der Waals surface area contributed by atoms with Crippen molar-refractivity contribution < 1.29 is 0 Å². The Balaban J connectivity index is 2.11. The summed E-state index contributed by atoms with van der Waals surface area (Å²) in [5.41, 5.74) is 2.88. The first-order valence-electron chi connectivity index (χ1n) is 8.04. The molecule has 0 aliphatic heterocycles. The van der Waals surface area contributed by atoms with Crippen LogP contribution in [0.5, 0.6) is 0 Å². The summed E-state index contributed by atoms with van der Waals surface area (Å²) in [5, 5.41) is 3.80. The summed E-state index contributed by atoms with van der Waals surface area (Å²) >= 11 is 0. The molecule has 0 bridgehead atoms. The molecular formula is C18H29N. The molecule has 1 aliphatic carbocycles. The van der Waals surface area contributed by atoms with Crippen molar-refractivity contribution in [2.24, 2.45) is 11.8 Å². The summed E-state index contributed by atoms with van der Waals surface area (Å²) in [6, 6.07) is 9.64. The minimum Gasteiger partial charge on any atom is -0.310 e. The maximum absolute atomic E-state index is 3.80. The van der Waals surface area contributed by atoms with Crippen molar-refractivity contribution in [1.82, 2.24) is 5.32 Å². The third-order valence-electron chi connectivity index (χ3n) is 4.65. The van der Waals surface area contributed by atoms with Gasteiger partial charge in [0.25, 0.3) is 0 Å². The van der Waals surface area contributed by atoms with Crippen LogP contribution in [0.15, 0.2) is 24.3 Å². The molecule has 3 atom stereocenters. The van der Waals surface area contributed by atoms with Crippen molar-refractivity contribution in [1.29, 1.82) is 0 Å². The lowest BCUT2D eigenvalue weighted by molar-refractivity contribution is 0.354. The number of nitrogens with one attached hydrogen (secondary N) is 1. The van der Waals surface area contributed by atoms with E-state index in [-0.39, 0.29) is 0 Å². The fraction of sp³-hybridized carbons (Fsp3) is 0.667. The molecule has 0 spiro atoms. The van der Waals surface area contributed by atoms with E-state index in [1.807, 2.05) is 0 Å². The van der Waals surface area contributed by atoms with Gasteiger partial charge in [0.2, 0.25) is 0 Å². The fourth-order valence-electron chi connectivity index (χ4n) is 3.51. The first-order chi connectivity index (χ1) is 9.24. The standard InChI is InChI=1S/C18H29N/c1-4-11-19-18(16-8-6-7-14(3)12-16)17-10-9-15(5-2)13-17/h6-8,12,15,17-19H,4-5,9-11,13H2,1-3H3. The van der Waals surface area contributed by atoms with E-state index in [1.165, 1.54) is 43.2 Å². The van der Waals surface area contributed by atoms with Gasteiger partial charge in [-0.05, 0) is 50.1 Å². The maximum Gasteiger partial charge on any atom is 0.0348 e. The summed E-state index contributed by atoms with van der Waals surface area (Å²) in [5.74, 6) is 1.79. The highest BCUT2D eigenvalue weighted by Gasteiger charge is 2.30. The van der Waals surface area contributed by atoms with Crippen LogP contribution in [0.2, 0.25) is 0 Å². The Labute approximate surface area is 118 Å². The molecule has 1 fully saturated rings. The van der Waals surface area contributed by atoms with E-state index in [0.29, 0.717) is 6.04 Å². The van der Waals surface area contributed by atoms with E-state index in [1.54, 1.807) is 0 Å². The zero-order valence-corrected chi connectivity index (χ0v) is 12.8. The summed E-state index contributed by atoms with van der Waals surface area (Å²) in [7, 11) is 0. The molecular weight excluding hydrogens is 230 g/mol. The number of aryl methyl sites for hydroxylation is 1. The molecule has 19 heavy (non-hydrogen) atoms. The highest BCUT2D eigenvalue weighted by molar-refractivity contribution is 5.26. The molecule has 1 aromatic rings.